The van der Waals surface area contributed by atoms with Crippen LogP contribution in [0.15, 0.2) is 0 Å². The van der Waals surface area contributed by atoms with Gasteiger partial charge in [0.1, 0.15) is 0 Å². The van der Waals surface area contributed by atoms with Crippen LogP contribution in [-0.2, 0) is 9.59 Å². The Balaban J connectivity index is 0.00000289. The third-order valence-electron chi connectivity index (χ3n) is 3.15. The van der Waals surface area contributed by atoms with Gasteiger partial charge in [0, 0.05) is 12.5 Å². The van der Waals surface area contributed by atoms with Crippen molar-refractivity contribution in [2.45, 2.75) is 20.8 Å². The maximum atomic E-state index is 12.2. The van der Waals surface area contributed by atoms with Crippen LogP contribution in [0.4, 0.5) is 0 Å². The van der Waals surface area contributed by atoms with Crippen molar-refractivity contribution in [3.8, 4) is 0 Å². The first kappa shape index (κ1) is 17.2. The Morgan fingerprint density at radius 1 is 1.33 bits per heavy atom. The summed E-state index contributed by atoms with van der Waals surface area (Å²) in [5.41, 5.74) is 5.18. The van der Waals surface area contributed by atoms with Crippen molar-refractivity contribution in [3.05, 3.63) is 0 Å². The molecular formula is C12H24ClN3O2. The highest BCUT2D eigenvalue weighted by Crippen LogP contribution is 2.19. The minimum absolute atomic E-state index is 0. The van der Waals surface area contributed by atoms with Crippen molar-refractivity contribution in [2.75, 3.05) is 26.2 Å². The van der Waals surface area contributed by atoms with E-state index >= 15 is 0 Å². The fourth-order valence-electron chi connectivity index (χ4n) is 2.02. The number of carbonyl (C=O) groups excluding carboxylic acids is 2. The van der Waals surface area contributed by atoms with E-state index in [-0.39, 0.29) is 30.8 Å². The Hall–Kier alpha value is -0.810. The van der Waals surface area contributed by atoms with Crippen LogP contribution in [0.2, 0.25) is 0 Å². The van der Waals surface area contributed by atoms with E-state index in [9.17, 15) is 9.59 Å². The Morgan fingerprint density at radius 2 is 1.89 bits per heavy atom. The molecule has 0 aliphatic carbocycles. The molecule has 0 radical (unpaired) electrons. The maximum Gasteiger partial charge on any atom is 0.237 e. The molecule has 2 amide bonds. The second-order valence-electron chi connectivity index (χ2n) is 5.29. The number of carbonyl (C=O) groups is 2. The second-order valence-corrected chi connectivity index (χ2v) is 5.29. The van der Waals surface area contributed by atoms with Crippen molar-refractivity contribution in [1.82, 2.24) is 10.2 Å². The number of hydrogen-bond donors (Lipinski definition) is 2. The first-order chi connectivity index (χ1) is 7.91. The predicted octanol–water partition coefficient (Wildman–Crippen LogP) is 0.234. The Morgan fingerprint density at radius 3 is 2.22 bits per heavy atom. The lowest BCUT2D eigenvalue weighted by molar-refractivity contribution is -0.140. The highest BCUT2D eigenvalue weighted by molar-refractivity contribution is 5.85. The summed E-state index contributed by atoms with van der Waals surface area (Å²) in [4.78, 5) is 24.8. The number of hydrogen-bond acceptors (Lipinski definition) is 3. The summed E-state index contributed by atoms with van der Waals surface area (Å²) < 4.78 is 0. The van der Waals surface area contributed by atoms with Gasteiger partial charge in [-0.1, -0.05) is 20.8 Å². The molecule has 1 heterocycles. The van der Waals surface area contributed by atoms with Gasteiger partial charge in [-0.2, -0.15) is 0 Å². The lowest BCUT2D eigenvalue weighted by atomic mass is 9.87. The number of nitrogens with two attached hydrogens (primary N) is 1. The molecule has 0 bridgehead atoms. The smallest absolute Gasteiger partial charge is 0.237 e. The van der Waals surface area contributed by atoms with Crippen LogP contribution < -0.4 is 11.1 Å². The van der Waals surface area contributed by atoms with Crippen molar-refractivity contribution in [1.29, 1.82) is 0 Å². The van der Waals surface area contributed by atoms with Crippen molar-refractivity contribution >= 4 is 24.2 Å². The third-order valence-corrected chi connectivity index (χ3v) is 3.15. The Bertz CT molecular complexity index is 293. The van der Waals surface area contributed by atoms with Gasteiger partial charge in [-0.05, 0) is 24.9 Å². The van der Waals surface area contributed by atoms with Crippen LogP contribution >= 0.6 is 12.4 Å². The molecule has 5 nitrogen and oxygen atoms in total. The normalized spacial score (nSPS) is 16.7. The number of nitrogens with zero attached hydrogens (tertiary/aromatic N) is 1. The summed E-state index contributed by atoms with van der Waals surface area (Å²) in [6, 6.07) is 0. The zero-order valence-electron chi connectivity index (χ0n) is 11.3. The summed E-state index contributed by atoms with van der Waals surface area (Å²) in [7, 11) is 0. The summed E-state index contributed by atoms with van der Waals surface area (Å²) >= 11 is 0. The molecule has 18 heavy (non-hydrogen) atoms. The van der Waals surface area contributed by atoms with E-state index in [1.165, 1.54) is 0 Å². The average Bonchev–Trinajstić information content (AvgIpc) is 2.11. The molecule has 106 valence electrons. The molecule has 1 fully saturated rings. The van der Waals surface area contributed by atoms with Crippen LogP contribution in [0.3, 0.4) is 0 Å². The maximum absolute atomic E-state index is 12.2. The fraction of sp³-hybridized carbons (Fsp3) is 0.833. The van der Waals surface area contributed by atoms with Crippen LogP contribution in [-0.4, -0.2) is 42.9 Å². The first-order valence-corrected chi connectivity index (χ1v) is 6.19. The number of rotatable bonds is 6. The molecule has 1 saturated heterocycles. The van der Waals surface area contributed by atoms with Gasteiger partial charge in [-0.25, -0.2) is 0 Å². The minimum atomic E-state index is -0.446. The summed E-state index contributed by atoms with van der Waals surface area (Å²) in [5, 5.41) is 3.16. The van der Waals surface area contributed by atoms with Crippen LogP contribution in [0, 0.1) is 17.8 Å². The number of halogens is 1. The molecule has 0 spiro atoms. The van der Waals surface area contributed by atoms with E-state index in [1.54, 1.807) is 4.90 Å². The summed E-state index contributed by atoms with van der Waals surface area (Å²) in [6.07, 6.45) is 0. The topological polar surface area (TPSA) is 75.4 Å². The van der Waals surface area contributed by atoms with E-state index < -0.39 is 5.91 Å². The van der Waals surface area contributed by atoms with Gasteiger partial charge in [-0.15, -0.1) is 12.4 Å². The zero-order valence-corrected chi connectivity index (χ0v) is 12.1. The van der Waals surface area contributed by atoms with Gasteiger partial charge in [0.2, 0.25) is 11.8 Å². The van der Waals surface area contributed by atoms with Gasteiger partial charge in [0.15, 0.2) is 0 Å². The van der Waals surface area contributed by atoms with Crippen LogP contribution in [0.1, 0.15) is 20.8 Å². The number of amides is 2. The van der Waals surface area contributed by atoms with E-state index in [2.05, 4.69) is 5.32 Å². The Labute approximate surface area is 115 Å². The van der Waals surface area contributed by atoms with Crippen molar-refractivity contribution in [2.24, 2.45) is 23.5 Å². The molecule has 0 aromatic heterocycles. The average molecular weight is 278 g/mol. The summed E-state index contributed by atoms with van der Waals surface area (Å²) in [6.45, 7) is 8.38. The lowest BCUT2D eigenvalue weighted by Gasteiger charge is -2.35. The van der Waals surface area contributed by atoms with Gasteiger partial charge in [0.25, 0.3) is 0 Å². The highest BCUT2D eigenvalue weighted by atomic mass is 35.5. The molecule has 1 rings (SSSR count). The standard InChI is InChI=1S/C12H23N3O2.ClH/c1-8(2)6-15(7-11(13)16)12(17)9(3)10-4-14-5-10;/h8-10,14H,4-7H2,1-3H3,(H2,13,16);1H. The van der Waals surface area contributed by atoms with E-state index in [1.807, 2.05) is 20.8 Å². The quantitative estimate of drug-likeness (QED) is 0.730. The molecule has 3 N–H and O–H groups in total. The van der Waals surface area contributed by atoms with Crippen molar-refractivity contribution < 1.29 is 9.59 Å². The second kappa shape index (κ2) is 7.59. The largest absolute Gasteiger partial charge is 0.368 e. The predicted molar refractivity (Wildman–Crippen MR) is 73.4 cm³/mol. The summed E-state index contributed by atoms with van der Waals surface area (Å²) in [5.74, 6) is 0.298. The van der Waals surface area contributed by atoms with E-state index in [4.69, 9.17) is 5.73 Å². The Kier molecular flexibility index (Phi) is 7.25. The van der Waals surface area contributed by atoms with Gasteiger partial charge >= 0.3 is 0 Å². The lowest BCUT2D eigenvalue weighted by Crippen LogP contribution is -2.52. The van der Waals surface area contributed by atoms with Crippen LogP contribution in [0.25, 0.3) is 0 Å². The molecule has 6 heteroatoms. The monoisotopic (exact) mass is 277 g/mol. The van der Waals surface area contributed by atoms with Gasteiger partial charge in [0.05, 0.1) is 6.54 Å². The number of primary amides is 1. The molecule has 0 aromatic rings. The molecule has 1 atom stereocenters. The molecule has 1 unspecified atom stereocenters. The van der Waals surface area contributed by atoms with E-state index in [0.717, 1.165) is 13.1 Å². The third kappa shape index (κ3) is 4.82. The fourth-order valence-corrected chi connectivity index (χ4v) is 2.02. The van der Waals surface area contributed by atoms with Crippen LogP contribution in [0.5, 0.6) is 0 Å². The minimum Gasteiger partial charge on any atom is -0.368 e. The van der Waals surface area contributed by atoms with Gasteiger partial charge < -0.3 is 16.0 Å². The SMILES string of the molecule is CC(C)CN(CC(N)=O)C(=O)C(C)C1CNC1.Cl. The molecule has 0 aromatic carbocycles. The van der Waals surface area contributed by atoms with Gasteiger partial charge in [-0.3, -0.25) is 9.59 Å². The molecule has 1 aliphatic heterocycles. The molecule has 1 aliphatic rings. The van der Waals surface area contributed by atoms with E-state index in [0.29, 0.717) is 18.4 Å². The highest BCUT2D eigenvalue weighted by Gasteiger charge is 2.32. The zero-order chi connectivity index (χ0) is 13.0. The molecule has 0 saturated carbocycles. The first-order valence-electron chi connectivity index (χ1n) is 6.19. The van der Waals surface area contributed by atoms with Crippen molar-refractivity contribution in [3.63, 3.8) is 0 Å². The number of nitrogens with one attached hydrogen (secondary N) is 1. The molecular weight excluding hydrogens is 254 g/mol.